The Bertz CT molecular complexity index is 1260. The number of benzene rings is 3. The van der Waals surface area contributed by atoms with Crippen molar-refractivity contribution in [2.45, 2.75) is 76.9 Å². The molecule has 0 aliphatic heterocycles. The third-order valence-electron chi connectivity index (χ3n) is 7.46. The third-order valence-corrected chi connectivity index (χ3v) is 8.61. The number of amides is 2. The van der Waals surface area contributed by atoms with E-state index in [9.17, 15) is 9.59 Å². The van der Waals surface area contributed by atoms with E-state index in [1.54, 1.807) is 4.90 Å². The van der Waals surface area contributed by atoms with Crippen LogP contribution in [0.25, 0.3) is 0 Å². The number of hydrogen-bond acceptors (Lipinski definition) is 3. The third kappa shape index (κ3) is 8.68. The number of halogens is 2. The second-order valence-electron chi connectivity index (χ2n) is 10.8. The standard InChI is InChI=1S/C33H38Br2N2O3/c1-23(2)26-15-18-31(29(35)20-26)40-22-32(38)37(21-25-13-16-27(34)17-14-25)30(19-24-9-5-3-6-10-24)33(39)36-28-11-7-4-8-12-28/h3,5-6,9-10,13-18,20,23,28,30H,4,7-8,11-12,19,21-22H2,1-2H3,(H,36,39)/t30-/m1/s1. The van der Waals surface area contributed by atoms with Crippen molar-refractivity contribution >= 4 is 43.7 Å². The van der Waals surface area contributed by atoms with E-state index in [0.717, 1.165) is 45.8 Å². The molecule has 1 fully saturated rings. The van der Waals surface area contributed by atoms with Gasteiger partial charge in [0.15, 0.2) is 6.61 Å². The van der Waals surface area contributed by atoms with E-state index in [4.69, 9.17) is 4.74 Å². The molecule has 40 heavy (non-hydrogen) atoms. The summed E-state index contributed by atoms with van der Waals surface area (Å²) in [4.78, 5) is 29.5. The van der Waals surface area contributed by atoms with E-state index < -0.39 is 6.04 Å². The number of ether oxygens (including phenoxy) is 1. The zero-order chi connectivity index (χ0) is 28.5. The molecule has 4 rings (SSSR count). The summed E-state index contributed by atoms with van der Waals surface area (Å²) in [6, 6.07) is 23.2. The SMILES string of the molecule is CC(C)c1ccc(OCC(=O)N(Cc2ccc(Br)cc2)[C@H](Cc2ccccc2)C(=O)NC2CCCCC2)c(Br)c1. The molecule has 3 aromatic carbocycles. The van der Waals surface area contributed by atoms with Crippen molar-refractivity contribution in [1.29, 1.82) is 0 Å². The predicted molar refractivity (Wildman–Crippen MR) is 167 cm³/mol. The molecule has 0 radical (unpaired) electrons. The number of carbonyl (C=O) groups excluding carboxylic acids is 2. The highest BCUT2D eigenvalue weighted by atomic mass is 79.9. The summed E-state index contributed by atoms with van der Waals surface area (Å²) in [6.07, 6.45) is 5.83. The van der Waals surface area contributed by atoms with Gasteiger partial charge in [-0.3, -0.25) is 9.59 Å². The van der Waals surface area contributed by atoms with Gasteiger partial charge in [0.1, 0.15) is 11.8 Å². The molecule has 0 aromatic heterocycles. The van der Waals surface area contributed by atoms with E-state index in [1.807, 2.05) is 72.8 Å². The minimum Gasteiger partial charge on any atom is -0.483 e. The molecule has 3 aromatic rings. The van der Waals surface area contributed by atoms with Crippen molar-refractivity contribution in [3.05, 3.63) is 98.4 Å². The van der Waals surface area contributed by atoms with Gasteiger partial charge in [-0.05, 0) is 75.6 Å². The van der Waals surface area contributed by atoms with Crippen LogP contribution >= 0.6 is 31.9 Å². The van der Waals surface area contributed by atoms with Gasteiger partial charge in [-0.1, -0.05) is 97.6 Å². The van der Waals surface area contributed by atoms with Gasteiger partial charge in [-0.2, -0.15) is 0 Å². The first-order valence-electron chi connectivity index (χ1n) is 14.1. The molecule has 212 valence electrons. The highest BCUT2D eigenvalue weighted by Gasteiger charge is 2.32. The Balaban J connectivity index is 1.60. The van der Waals surface area contributed by atoms with Crippen molar-refractivity contribution < 1.29 is 14.3 Å². The molecule has 0 spiro atoms. The van der Waals surface area contributed by atoms with Crippen LogP contribution in [0, 0.1) is 0 Å². The molecule has 7 heteroatoms. The van der Waals surface area contributed by atoms with Gasteiger partial charge in [0, 0.05) is 23.5 Å². The molecule has 1 N–H and O–H groups in total. The lowest BCUT2D eigenvalue weighted by molar-refractivity contribution is -0.143. The van der Waals surface area contributed by atoms with Crippen LogP contribution in [0.15, 0.2) is 81.7 Å². The molecular weight excluding hydrogens is 632 g/mol. The van der Waals surface area contributed by atoms with Crippen LogP contribution < -0.4 is 10.1 Å². The van der Waals surface area contributed by atoms with Gasteiger partial charge >= 0.3 is 0 Å². The summed E-state index contributed by atoms with van der Waals surface area (Å²) in [5.41, 5.74) is 3.14. The van der Waals surface area contributed by atoms with Gasteiger partial charge < -0.3 is 15.0 Å². The lowest BCUT2D eigenvalue weighted by atomic mass is 9.94. The van der Waals surface area contributed by atoms with Crippen LogP contribution in [0.2, 0.25) is 0 Å². The molecule has 1 aliphatic rings. The van der Waals surface area contributed by atoms with E-state index in [-0.39, 0.29) is 24.5 Å². The summed E-state index contributed by atoms with van der Waals surface area (Å²) in [5, 5.41) is 3.28. The van der Waals surface area contributed by atoms with Gasteiger partial charge in [0.2, 0.25) is 5.91 Å². The van der Waals surface area contributed by atoms with Crippen LogP contribution in [-0.2, 0) is 22.6 Å². The zero-order valence-corrected chi connectivity index (χ0v) is 26.4. The molecule has 5 nitrogen and oxygen atoms in total. The van der Waals surface area contributed by atoms with E-state index in [1.165, 1.54) is 12.0 Å². The monoisotopic (exact) mass is 668 g/mol. The number of carbonyl (C=O) groups is 2. The summed E-state index contributed by atoms with van der Waals surface area (Å²) in [7, 11) is 0. The minimum atomic E-state index is -0.671. The molecule has 1 atom stereocenters. The number of rotatable bonds is 11. The van der Waals surface area contributed by atoms with Crippen LogP contribution in [0.1, 0.15) is 68.6 Å². The lowest BCUT2D eigenvalue weighted by Gasteiger charge is -2.33. The molecule has 2 amide bonds. The summed E-state index contributed by atoms with van der Waals surface area (Å²) in [6.45, 7) is 4.41. The molecular formula is C33H38Br2N2O3. The Morgan fingerprint density at radius 1 is 0.925 bits per heavy atom. The Morgan fingerprint density at radius 3 is 2.27 bits per heavy atom. The molecule has 1 aliphatic carbocycles. The Morgan fingerprint density at radius 2 is 1.62 bits per heavy atom. The van der Waals surface area contributed by atoms with Crippen LogP contribution in [-0.4, -0.2) is 35.4 Å². The molecule has 0 unspecified atom stereocenters. The number of hydrogen-bond donors (Lipinski definition) is 1. The summed E-state index contributed by atoms with van der Waals surface area (Å²) >= 11 is 7.09. The molecule has 0 saturated heterocycles. The number of nitrogens with one attached hydrogen (secondary N) is 1. The summed E-state index contributed by atoms with van der Waals surface area (Å²) < 4.78 is 7.79. The van der Waals surface area contributed by atoms with Gasteiger partial charge in [-0.15, -0.1) is 0 Å². The predicted octanol–water partition coefficient (Wildman–Crippen LogP) is 7.80. The minimum absolute atomic E-state index is 0.108. The maximum Gasteiger partial charge on any atom is 0.261 e. The molecule has 0 heterocycles. The first-order chi connectivity index (χ1) is 19.3. The Kier molecular flexibility index (Phi) is 11.2. The fourth-order valence-electron chi connectivity index (χ4n) is 5.10. The fourth-order valence-corrected chi connectivity index (χ4v) is 5.88. The van der Waals surface area contributed by atoms with Gasteiger partial charge in [0.25, 0.3) is 5.91 Å². The summed E-state index contributed by atoms with van der Waals surface area (Å²) in [5.74, 6) is 0.647. The van der Waals surface area contributed by atoms with E-state index in [2.05, 4.69) is 51.0 Å². The van der Waals surface area contributed by atoms with Crippen molar-refractivity contribution in [2.75, 3.05) is 6.61 Å². The smallest absolute Gasteiger partial charge is 0.261 e. The average molecular weight is 670 g/mol. The van der Waals surface area contributed by atoms with Gasteiger partial charge in [0.05, 0.1) is 4.47 Å². The van der Waals surface area contributed by atoms with E-state index in [0.29, 0.717) is 24.6 Å². The van der Waals surface area contributed by atoms with Crippen molar-refractivity contribution in [1.82, 2.24) is 10.2 Å². The highest BCUT2D eigenvalue weighted by molar-refractivity contribution is 9.10. The first-order valence-corrected chi connectivity index (χ1v) is 15.7. The molecule has 0 bridgehead atoms. The lowest BCUT2D eigenvalue weighted by Crippen LogP contribution is -2.53. The quantitative estimate of drug-likeness (QED) is 0.227. The Labute approximate surface area is 254 Å². The highest BCUT2D eigenvalue weighted by Crippen LogP contribution is 2.29. The second-order valence-corrected chi connectivity index (χ2v) is 12.6. The Hall–Kier alpha value is -2.64. The second kappa shape index (κ2) is 14.8. The van der Waals surface area contributed by atoms with E-state index >= 15 is 0 Å². The number of nitrogens with zero attached hydrogens (tertiary/aromatic N) is 1. The fraction of sp³-hybridized carbons (Fsp3) is 0.394. The average Bonchev–Trinajstić information content (AvgIpc) is 2.96. The zero-order valence-electron chi connectivity index (χ0n) is 23.2. The largest absolute Gasteiger partial charge is 0.483 e. The van der Waals surface area contributed by atoms with Crippen molar-refractivity contribution in [3.8, 4) is 5.75 Å². The maximum absolute atomic E-state index is 13.9. The van der Waals surface area contributed by atoms with Crippen molar-refractivity contribution in [3.63, 3.8) is 0 Å². The van der Waals surface area contributed by atoms with Crippen LogP contribution in [0.5, 0.6) is 5.75 Å². The first kappa shape index (κ1) is 30.3. The topological polar surface area (TPSA) is 58.6 Å². The van der Waals surface area contributed by atoms with Crippen LogP contribution in [0.4, 0.5) is 0 Å². The van der Waals surface area contributed by atoms with Gasteiger partial charge in [-0.25, -0.2) is 0 Å². The van der Waals surface area contributed by atoms with Crippen molar-refractivity contribution in [2.24, 2.45) is 0 Å². The van der Waals surface area contributed by atoms with Crippen LogP contribution in [0.3, 0.4) is 0 Å². The molecule has 1 saturated carbocycles. The normalized spacial score (nSPS) is 14.5. The maximum atomic E-state index is 13.9.